The van der Waals surface area contributed by atoms with Crippen LogP contribution in [0.2, 0.25) is 0 Å². The Morgan fingerprint density at radius 1 is 1.00 bits per heavy atom. The van der Waals surface area contributed by atoms with Gasteiger partial charge in [-0.15, -0.1) is 0 Å². The van der Waals surface area contributed by atoms with Gasteiger partial charge in [0, 0.05) is 18.1 Å². The van der Waals surface area contributed by atoms with Crippen LogP contribution in [0.1, 0.15) is 29.3 Å². The zero-order valence-corrected chi connectivity index (χ0v) is 16.4. The molecule has 8 heteroatoms. The van der Waals surface area contributed by atoms with Crippen molar-refractivity contribution in [3.8, 4) is 11.5 Å². The highest BCUT2D eigenvalue weighted by Crippen LogP contribution is 2.30. The fourth-order valence-corrected chi connectivity index (χ4v) is 2.60. The second kappa shape index (κ2) is 10.1. The Kier molecular flexibility index (Phi) is 7.05. The van der Waals surface area contributed by atoms with E-state index >= 15 is 0 Å². The average Bonchev–Trinajstić information content (AvgIpc) is 3.01. The van der Waals surface area contributed by atoms with Crippen molar-refractivity contribution >= 4 is 23.9 Å². The van der Waals surface area contributed by atoms with E-state index in [0.717, 1.165) is 12.0 Å². The molecule has 2 aromatic carbocycles. The Bertz CT molecular complexity index is 942. The molecule has 0 unspecified atom stereocenters. The van der Waals surface area contributed by atoms with Crippen LogP contribution < -0.4 is 20.3 Å². The van der Waals surface area contributed by atoms with Crippen molar-refractivity contribution in [1.82, 2.24) is 10.9 Å². The minimum Gasteiger partial charge on any atom is -0.490 e. The monoisotopic (exact) mass is 410 g/mol. The van der Waals surface area contributed by atoms with E-state index < -0.39 is 23.9 Å². The third-order valence-corrected chi connectivity index (χ3v) is 4.18. The molecule has 30 heavy (non-hydrogen) atoms. The summed E-state index contributed by atoms with van der Waals surface area (Å²) in [4.78, 5) is 35.9. The summed E-state index contributed by atoms with van der Waals surface area (Å²) < 4.78 is 16.2. The molecule has 1 heterocycles. The molecular weight excluding hydrogens is 388 g/mol. The third kappa shape index (κ3) is 5.84. The van der Waals surface area contributed by atoms with E-state index in [-0.39, 0.29) is 0 Å². The van der Waals surface area contributed by atoms with Crippen LogP contribution in [0.5, 0.6) is 11.5 Å². The number of hydrogen-bond donors (Lipinski definition) is 2. The van der Waals surface area contributed by atoms with Gasteiger partial charge in [-0.3, -0.25) is 20.4 Å². The molecule has 8 nitrogen and oxygen atoms in total. The first-order valence-electron chi connectivity index (χ1n) is 9.46. The van der Waals surface area contributed by atoms with E-state index in [1.54, 1.807) is 54.6 Å². The standard InChI is InChI=1S/C22H22N2O6/c1-15(21(26)23-24-22(27)17-6-3-2-4-7-17)30-20(25)11-9-16-8-10-18-19(14-16)29-13-5-12-28-18/h2-4,6-11,14-15H,5,12-13H2,1H3,(H,23,26)(H,24,27)/b11-9+/t15-/m1/s1. The van der Waals surface area contributed by atoms with E-state index in [4.69, 9.17) is 14.2 Å². The third-order valence-electron chi connectivity index (χ3n) is 4.18. The van der Waals surface area contributed by atoms with Crippen LogP contribution in [0.3, 0.4) is 0 Å². The molecule has 0 spiro atoms. The van der Waals surface area contributed by atoms with Gasteiger partial charge in [-0.05, 0) is 42.8 Å². The number of ether oxygens (including phenoxy) is 3. The highest BCUT2D eigenvalue weighted by atomic mass is 16.5. The normalized spacial score (nSPS) is 13.8. The van der Waals surface area contributed by atoms with Gasteiger partial charge in [-0.25, -0.2) is 4.79 Å². The lowest BCUT2D eigenvalue weighted by Crippen LogP contribution is -2.46. The van der Waals surface area contributed by atoms with Gasteiger partial charge < -0.3 is 14.2 Å². The second-order valence-electron chi connectivity index (χ2n) is 6.48. The van der Waals surface area contributed by atoms with Crippen LogP contribution in [0, 0.1) is 0 Å². The smallest absolute Gasteiger partial charge is 0.331 e. The van der Waals surface area contributed by atoms with Crippen LogP contribution in [0.4, 0.5) is 0 Å². The molecule has 0 radical (unpaired) electrons. The first-order valence-corrected chi connectivity index (χ1v) is 9.46. The molecule has 0 bridgehead atoms. The molecule has 2 amide bonds. The number of amides is 2. The average molecular weight is 410 g/mol. The maximum atomic E-state index is 12.0. The Morgan fingerprint density at radius 3 is 2.50 bits per heavy atom. The van der Waals surface area contributed by atoms with Crippen molar-refractivity contribution in [2.45, 2.75) is 19.4 Å². The summed E-state index contributed by atoms with van der Waals surface area (Å²) in [6.45, 7) is 2.57. The topological polar surface area (TPSA) is 103 Å². The Morgan fingerprint density at radius 2 is 1.73 bits per heavy atom. The first kappa shape index (κ1) is 20.9. The van der Waals surface area contributed by atoms with Gasteiger partial charge in [0.05, 0.1) is 13.2 Å². The predicted molar refractivity (Wildman–Crippen MR) is 109 cm³/mol. The van der Waals surface area contributed by atoms with E-state index in [2.05, 4.69) is 10.9 Å². The van der Waals surface area contributed by atoms with Gasteiger partial charge in [0.25, 0.3) is 11.8 Å². The summed E-state index contributed by atoms with van der Waals surface area (Å²) in [5.41, 5.74) is 5.62. The number of nitrogens with one attached hydrogen (secondary N) is 2. The quantitative estimate of drug-likeness (QED) is 0.445. The molecule has 0 saturated heterocycles. The van der Waals surface area contributed by atoms with Gasteiger partial charge in [0.2, 0.25) is 0 Å². The summed E-state index contributed by atoms with van der Waals surface area (Å²) in [7, 11) is 0. The van der Waals surface area contributed by atoms with Crippen molar-refractivity contribution in [3.05, 3.63) is 65.7 Å². The fraction of sp³-hybridized carbons (Fsp3) is 0.227. The molecule has 2 N–H and O–H groups in total. The maximum absolute atomic E-state index is 12.0. The van der Waals surface area contributed by atoms with Crippen molar-refractivity contribution in [1.29, 1.82) is 0 Å². The van der Waals surface area contributed by atoms with Crippen LogP contribution >= 0.6 is 0 Å². The number of carbonyl (C=O) groups is 3. The molecule has 1 aliphatic rings. The van der Waals surface area contributed by atoms with Gasteiger partial charge in [-0.2, -0.15) is 0 Å². The molecule has 0 aliphatic carbocycles. The number of rotatable bonds is 5. The van der Waals surface area contributed by atoms with E-state index in [9.17, 15) is 14.4 Å². The Labute approximate surface area is 173 Å². The van der Waals surface area contributed by atoms with Crippen molar-refractivity contribution in [3.63, 3.8) is 0 Å². The molecule has 2 aromatic rings. The SMILES string of the molecule is C[C@@H](OC(=O)/C=C/c1ccc2c(c1)OCCCO2)C(=O)NNC(=O)c1ccccc1. The van der Waals surface area contributed by atoms with Crippen LogP contribution in [-0.4, -0.2) is 37.1 Å². The van der Waals surface area contributed by atoms with Crippen LogP contribution in [-0.2, 0) is 14.3 Å². The van der Waals surface area contributed by atoms with Crippen molar-refractivity contribution < 1.29 is 28.6 Å². The number of hydrazine groups is 1. The zero-order valence-electron chi connectivity index (χ0n) is 16.4. The summed E-state index contributed by atoms with van der Waals surface area (Å²) in [5, 5.41) is 0. The van der Waals surface area contributed by atoms with E-state index in [0.29, 0.717) is 30.3 Å². The Hall–Kier alpha value is -3.81. The summed E-state index contributed by atoms with van der Waals surface area (Å²) in [6, 6.07) is 13.7. The second-order valence-corrected chi connectivity index (χ2v) is 6.48. The lowest BCUT2D eigenvalue weighted by molar-refractivity contribution is -0.150. The molecule has 1 atom stereocenters. The lowest BCUT2D eigenvalue weighted by Gasteiger charge is -2.13. The van der Waals surface area contributed by atoms with Crippen molar-refractivity contribution in [2.75, 3.05) is 13.2 Å². The van der Waals surface area contributed by atoms with E-state index in [1.165, 1.54) is 13.0 Å². The zero-order chi connectivity index (χ0) is 21.3. The number of esters is 1. The summed E-state index contributed by atoms with van der Waals surface area (Å²) >= 11 is 0. The minimum atomic E-state index is -1.10. The molecule has 156 valence electrons. The molecule has 0 aromatic heterocycles. The van der Waals surface area contributed by atoms with Gasteiger partial charge in [-0.1, -0.05) is 24.3 Å². The van der Waals surface area contributed by atoms with E-state index in [1.807, 2.05) is 0 Å². The maximum Gasteiger partial charge on any atom is 0.331 e. The Balaban J connectivity index is 1.48. The van der Waals surface area contributed by atoms with Gasteiger partial charge in [0.15, 0.2) is 17.6 Å². The number of fused-ring (bicyclic) bond motifs is 1. The summed E-state index contributed by atoms with van der Waals surface area (Å²) in [6.07, 6.45) is 2.48. The van der Waals surface area contributed by atoms with Crippen LogP contribution in [0.15, 0.2) is 54.6 Å². The molecule has 0 saturated carbocycles. The fourth-order valence-electron chi connectivity index (χ4n) is 2.60. The van der Waals surface area contributed by atoms with Crippen molar-refractivity contribution in [2.24, 2.45) is 0 Å². The molecular formula is C22H22N2O6. The molecule has 3 rings (SSSR count). The number of benzene rings is 2. The highest BCUT2D eigenvalue weighted by Gasteiger charge is 2.17. The van der Waals surface area contributed by atoms with Gasteiger partial charge in [0.1, 0.15) is 0 Å². The minimum absolute atomic E-state index is 0.389. The molecule has 0 fully saturated rings. The number of hydrogen-bond acceptors (Lipinski definition) is 6. The lowest BCUT2D eigenvalue weighted by atomic mass is 10.2. The largest absolute Gasteiger partial charge is 0.490 e. The predicted octanol–water partition coefficient (Wildman–Crippen LogP) is 2.25. The number of carbonyl (C=O) groups excluding carboxylic acids is 3. The summed E-state index contributed by atoms with van der Waals surface area (Å²) in [5.74, 6) is -0.549. The van der Waals surface area contributed by atoms with Gasteiger partial charge >= 0.3 is 5.97 Å². The molecule has 1 aliphatic heterocycles. The first-order chi connectivity index (χ1) is 14.5. The highest BCUT2D eigenvalue weighted by molar-refractivity contribution is 5.96. The van der Waals surface area contributed by atoms with Crippen LogP contribution in [0.25, 0.3) is 6.08 Å².